The molecular formula is C19H25N3O4. The number of amides is 3. The summed E-state index contributed by atoms with van der Waals surface area (Å²) in [5, 5.41) is 0. The molecule has 7 nitrogen and oxygen atoms in total. The van der Waals surface area contributed by atoms with Crippen molar-refractivity contribution in [3.63, 3.8) is 0 Å². The molecule has 1 aromatic carbocycles. The molecular weight excluding hydrogens is 334 g/mol. The first-order chi connectivity index (χ1) is 12.6. The second kappa shape index (κ2) is 8.31. The Hall–Kier alpha value is -2.41. The van der Waals surface area contributed by atoms with E-state index in [-0.39, 0.29) is 30.8 Å². The van der Waals surface area contributed by atoms with Gasteiger partial charge in [-0.05, 0) is 18.9 Å². The van der Waals surface area contributed by atoms with Gasteiger partial charge in [0, 0.05) is 19.6 Å². The van der Waals surface area contributed by atoms with Crippen molar-refractivity contribution in [3.8, 4) is 0 Å². The molecule has 2 fully saturated rings. The van der Waals surface area contributed by atoms with E-state index in [9.17, 15) is 14.4 Å². The zero-order chi connectivity index (χ0) is 18.5. The van der Waals surface area contributed by atoms with Crippen molar-refractivity contribution >= 4 is 17.7 Å². The molecule has 0 aliphatic carbocycles. The fraction of sp³-hybridized carbons (Fsp3) is 0.526. The molecule has 26 heavy (non-hydrogen) atoms. The Kier molecular flexibility index (Phi) is 5.88. The van der Waals surface area contributed by atoms with E-state index in [1.54, 1.807) is 16.7 Å². The molecule has 0 radical (unpaired) electrons. The van der Waals surface area contributed by atoms with E-state index in [0.29, 0.717) is 39.3 Å². The maximum atomic E-state index is 12.6. The van der Waals surface area contributed by atoms with Gasteiger partial charge in [0.25, 0.3) is 0 Å². The standard InChI is InChI=1S/C19H25N3O4/c1-15-19(25)21(8-7-16-5-3-2-4-6-16)13-18(24)22(15)14-17(23)20-9-11-26-12-10-20/h2-6,15H,7-14H2,1H3/t15-/m1/s1. The number of piperazine rings is 1. The van der Waals surface area contributed by atoms with Gasteiger partial charge in [-0.2, -0.15) is 0 Å². The van der Waals surface area contributed by atoms with Gasteiger partial charge in [0.1, 0.15) is 12.6 Å². The third-order valence-corrected chi connectivity index (χ3v) is 4.97. The van der Waals surface area contributed by atoms with Crippen LogP contribution in [0.25, 0.3) is 0 Å². The lowest BCUT2D eigenvalue weighted by Gasteiger charge is -2.39. The Morgan fingerprint density at radius 3 is 2.54 bits per heavy atom. The van der Waals surface area contributed by atoms with Crippen LogP contribution in [-0.4, -0.2) is 84.4 Å². The summed E-state index contributed by atoms with van der Waals surface area (Å²) < 4.78 is 5.24. The van der Waals surface area contributed by atoms with Crippen LogP contribution in [0.15, 0.2) is 30.3 Å². The minimum Gasteiger partial charge on any atom is -0.378 e. The minimum atomic E-state index is -0.614. The molecule has 2 aliphatic heterocycles. The number of carbonyl (C=O) groups is 3. The number of benzene rings is 1. The van der Waals surface area contributed by atoms with Crippen molar-refractivity contribution in [2.45, 2.75) is 19.4 Å². The van der Waals surface area contributed by atoms with E-state index < -0.39 is 6.04 Å². The highest BCUT2D eigenvalue weighted by Gasteiger charge is 2.37. The molecule has 0 unspecified atom stereocenters. The fourth-order valence-electron chi connectivity index (χ4n) is 3.33. The number of hydrogen-bond donors (Lipinski definition) is 0. The molecule has 2 heterocycles. The highest BCUT2D eigenvalue weighted by atomic mass is 16.5. The zero-order valence-electron chi connectivity index (χ0n) is 15.1. The molecule has 2 saturated heterocycles. The van der Waals surface area contributed by atoms with Crippen LogP contribution in [0.1, 0.15) is 12.5 Å². The Morgan fingerprint density at radius 2 is 1.85 bits per heavy atom. The van der Waals surface area contributed by atoms with Gasteiger partial charge in [0.05, 0.1) is 19.8 Å². The third kappa shape index (κ3) is 4.22. The molecule has 1 atom stereocenters. The number of morpholine rings is 1. The number of nitrogens with zero attached hydrogens (tertiary/aromatic N) is 3. The van der Waals surface area contributed by atoms with Crippen LogP contribution in [0, 0.1) is 0 Å². The summed E-state index contributed by atoms with van der Waals surface area (Å²) in [6.07, 6.45) is 0.708. The summed E-state index contributed by atoms with van der Waals surface area (Å²) >= 11 is 0. The predicted molar refractivity (Wildman–Crippen MR) is 95.3 cm³/mol. The van der Waals surface area contributed by atoms with Crippen LogP contribution in [-0.2, 0) is 25.5 Å². The molecule has 0 aromatic heterocycles. The van der Waals surface area contributed by atoms with E-state index in [1.807, 2.05) is 30.3 Å². The predicted octanol–water partition coefficient (Wildman–Crippen LogP) is 0.147. The first kappa shape index (κ1) is 18.4. The fourth-order valence-corrected chi connectivity index (χ4v) is 3.33. The number of hydrogen-bond acceptors (Lipinski definition) is 4. The lowest BCUT2D eigenvalue weighted by molar-refractivity contribution is -0.158. The Balaban J connectivity index is 1.57. The van der Waals surface area contributed by atoms with Crippen LogP contribution >= 0.6 is 0 Å². The summed E-state index contributed by atoms with van der Waals surface area (Å²) in [5.41, 5.74) is 1.13. The molecule has 0 spiro atoms. The highest BCUT2D eigenvalue weighted by molar-refractivity contribution is 5.96. The Morgan fingerprint density at radius 1 is 1.15 bits per heavy atom. The van der Waals surface area contributed by atoms with Gasteiger partial charge in [0.15, 0.2) is 0 Å². The van der Waals surface area contributed by atoms with Crippen molar-refractivity contribution in [2.24, 2.45) is 0 Å². The first-order valence-electron chi connectivity index (χ1n) is 9.04. The lowest BCUT2D eigenvalue weighted by atomic mass is 10.1. The average Bonchev–Trinajstić information content (AvgIpc) is 2.68. The minimum absolute atomic E-state index is 0.0341. The summed E-state index contributed by atoms with van der Waals surface area (Å²) in [4.78, 5) is 42.3. The Labute approximate surface area is 153 Å². The molecule has 3 rings (SSSR count). The molecule has 0 saturated carbocycles. The second-order valence-electron chi connectivity index (χ2n) is 6.69. The highest BCUT2D eigenvalue weighted by Crippen LogP contribution is 2.14. The van der Waals surface area contributed by atoms with Gasteiger partial charge in [-0.3, -0.25) is 14.4 Å². The van der Waals surface area contributed by atoms with Gasteiger partial charge >= 0.3 is 0 Å². The normalized spacial score (nSPS) is 21.3. The van der Waals surface area contributed by atoms with Gasteiger partial charge in [-0.15, -0.1) is 0 Å². The molecule has 0 bridgehead atoms. The van der Waals surface area contributed by atoms with Crippen LogP contribution in [0.3, 0.4) is 0 Å². The summed E-state index contributed by atoms with van der Waals surface area (Å²) in [7, 11) is 0. The van der Waals surface area contributed by atoms with E-state index in [4.69, 9.17) is 4.74 Å². The number of carbonyl (C=O) groups excluding carboxylic acids is 3. The SMILES string of the molecule is C[C@@H]1C(=O)N(CCc2ccccc2)CC(=O)N1CC(=O)N1CCOCC1. The molecule has 3 amide bonds. The third-order valence-electron chi connectivity index (χ3n) is 4.97. The average molecular weight is 359 g/mol. The number of ether oxygens (including phenoxy) is 1. The van der Waals surface area contributed by atoms with Gasteiger partial charge in [-0.1, -0.05) is 30.3 Å². The largest absolute Gasteiger partial charge is 0.378 e. The van der Waals surface area contributed by atoms with Gasteiger partial charge in [-0.25, -0.2) is 0 Å². The molecule has 7 heteroatoms. The van der Waals surface area contributed by atoms with Crippen molar-refractivity contribution in [1.29, 1.82) is 0 Å². The lowest BCUT2D eigenvalue weighted by Crippen LogP contribution is -2.61. The summed E-state index contributed by atoms with van der Waals surface area (Å²) in [5.74, 6) is -0.402. The van der Waals surface area contributed by atoms with Gasteiger partial charge < -0.3 is 19.4 Å². The smallest absolute Gasteiger partial charge is 0.245 e. The number of rotatable bonds is 5. The Bertz CT molecular complexity index is 658. The van der Waals surface area contributed by atoms with Crippen molar-refractivity contribution in [1.82, 2.24) is 14.7 Å². The van der Waals surface area contributed by atoms with Crippen molar-refractivity contribution < 1.29 is 19.1 Å². The first-order valence-corrected chi connectivity index (χ1v) is 9.04. The molecule has 0 N–H and O–H groups in total. The quantitative estimate of drug-likeness (QED) is 0.750. The maximum absolute atomic E-state index is 12.6. The van der Waals surface area contributed by atoms with E-state index in [1.165, 1.54) is 4.90 Å². The second-order valence-corrected chi connectivity index (χ2v) is 6.69. The summed E-state index contributed by atoms with van der Waals surface area (Å²) in [6.45, 7) is 4.29. The molecule has 140 valence electrons. The maximum Gasteiger partial charge on any atom is 0.245 e. The zero-order valence-corrected chi connectivity index (χ0v) is 15.1. The van der Waals surface area contributed by atoms with Crippen LogP contribution in [0.2, 0.25) is 0 Å². The van der Waals surface area contributed by atoms with E-state index >= 15 is 0 Å². The van der Waals surface area contributed by atoms with E-state index in [2.05, 4.69) is 0 Å². The van der Waals surface area contributed by atoms with Crippen LogP contribution < -0.4 is 0 Å². The topological polar surface area (TPSA) is 70.2 Å². The molecule has 2 aliphatic rings. The summed E-state index contributed by atoms with van der Waals surface area (Å²) in [6, 6.07) is 9.27. The van der Waals surface area contributed by atoms with Crippen LogP contribution in [0.5, 0.6) is 0 Å². The molecule has 1 aromatic rings. The van der Waals surface area contributed by atoms with Crippen molar-refractivity contribution in [2.75, 3.05) is 45.9 Å². The monoisotopic (exact) mass is 359 g/mol. The van der Waals surface area contributed by atoms with E-state index in [0.717, 1.165) is 5.56 Å². The van der Waals surface area contributed by atoms with Crippen molar-refractivity contribution in [3.05, 3.63) is 35.9 Å². The van der Waals surface area contributed by atoms with Gasteiger partial charge in [0.2, 0.25) is 17.7 Å². The van der Waals surface area contributed by atoms with Crippen LogP contribution in [0.4, 0.5) is 0 Å².